The first kappa shape index (κ1) is 21.0. The highest BCUT2D eigenvalue weighted by Crippen LogP contribution is 2.44. The third kappa shape index (κ3) is 3.67. The van der Waals surface area contributed by atoms with Gasteiger partial charge < -0.3 is 4.90 Å². The van der Waals surface area contributed by atoms with Gasteiger partial charge in [-0.2, -0.15) is 4.31 Å². The van der Waals surface area contributed by atoms with Gasteiger partial charge in [0.2, 0.25) is 10.0 Å². The average Bonchev–Trinajstić information content (AvgIpc) is 3.59. The van der Waals surface area contributed by atoms with Gasteiger partial charge in [-0.1, -0.05) is 15.9 Å². The van der Waals surface area contributed by atoms with Gasteiger partial charge >= 0.3 is 0 Å². The Morgan fingerprint density at radius 3 is 2.41 bits per heavy atom. The van der Waals surface area contributed by atoms with E-state index in [1.54, 1.807) is 28.6 Å². The normalized spacial score (nSPS) is 20.0. The van der Waals surface area contributed by atoms with E-state index in [1.165, 1.54) is 41.5 Å². The number of thiophene rings is 1. The number of rotatable bonds is 4. The molecule has 1 aromatic carbocycles. The van der Waals surface area contributed by atoms with Gasteiger partial charge in [0.05, 0.1) is 10.3 Å². The first-order chi connectivity index (χ1) is 15.5. The SMILES string of the molecule is O=S(=O)(c1ccc(Br)cc1)N1CCN(c2nc(C3CC3)nc3sc4c(c23)CCCC4)CC1. The lowest BCUT2D eigenvalue weighted by atomic mass is 9.97. The van der Waals surface area contributed by atoms with Gasteiger partial charge in [-0.3, -0.25) is 0 Å². The molecule has 2 aromatic heterocycles. The van der Waals surface area contributed by atoms with E-state index in [0.29, 0.717) is 37.0 Å². The summed E-state index contributed by atoms with van der Waals surface area (Å²) < 4.78 is 28.7. The van der Waals surface area contributed by atoms with Crippen molar-refractivity contribution in [3.63, 3.8) is 0 Å². The first-order valence-electron chi connectivity index (χ1n) is 11.3. The summed E-state index contributed by atoms with van der Waals surface area (Å²) >= 11 is 5.23. The first-order valence-corrected chi connectivity index (χ1v) is 14.4. The Labute approximate surface area is 200 Å². The Kier molecular flexibility index (Phi) is 5.28. The number of benzene rings is 1. The summed E-state index contributed by atoms with van der Waals surface area (Å²) in [5.41, 5.74) is 1.44. The molecule has 1 saturated heterocycles. The topological polar surface area (TPSA) is 66.4 Å². The zero-order valence-electron chi connectivity index (χ0n) is 17.8. The summed E-state index contributed by atoms with van der Waals surface area (Å²) in [5.74, 6) is 2.52. The summed E-state index contributed by atoms with van der Waals surface area (Å²) in [5, 5.41) is 1.23. The number of fused-ring (bicyclic) bond motifs is 3. The van der Waals surface area contributed by atoms with E-state index in [-0.39, 0.29) is 0 Å². The molecule has 9 heteroatoms. The van der Waals surface area contributed by atoms with Crippen LogP contribution < -0.4 is 4.90 Å². The fourth-order valence-electron chi connectivity index (χ4n) is 4.80. The molecule has 0 spiro atoms. The molecule has 2 fully saturated rings. The number of aromatic nitrogens is 2. The summed E-state index contributed by atoms with van der Waals surface area (Å²) in [6.45, 7) is 2.23. The molecule has 0 radical (unpaired) electrons. The maximum absolute atomic E-state index is 13.1. The molecule has 0 unspecified atom stereocenters. The van der Waals surface area contributed by atoms with Crippen molar-refractivity contribution in [1.29, 1.82) is 0 Å². The van der Waals surface area contributed by atoms with Crippen molar-refractivity contribution in [3.8, 4) is 0 Å². The van der Waals surface area contributed by atoms with E-state index in [4.69, 9.17) is 9.97 Å². The van der Waals surface area contributed by atoms with Gasteiger partial charge in [-0.25, -0.2) is 18.4 Å². The highest BCUT2D eigenvalue weighted by Gasteiger charge is 2.33. The van der Waals surface area contributed by atoms with Crippen LogP contribution in [0.3, 0.4) is 0 Å². The van der Waals surface area contributed by atoms with Crippen molar-refractivity contribution in [1.82, 2.24) is 14.3 Å². The smallest absolute Gasteiger partial charge is 0.243 e. The number of hydrogen-bond acceptors (Lipinski definition) is 6. The van der Waals surface area contributed by atoms with E-state index in [1.807, 2.05) is 11.3 Å². The van der Waals surface area contributed by atoms with Crippen LogP contribution in [0.5, 0.6) is 0 Å². The molecule has 2 aliphatic carbocycles. The molecule has 3 aliphatic rings. The van der Waals surface area contributed by atoms with E-state index in [0.717, 1.165) is 33.8 Å². The average molecular weight is 534 g/mol. The maximum atomic E-state index is 13.1. The van der Waals surface area contributed by atoms with Crippen molar-refractivity contribution in [3.05, 3.63) is 45.0 Å². The Balaban J connectivity index is 1.31. The second kappa shape index (κ2) is 8.04. The number of sulfonamides is 1. The number of nitrogens with zero attached hydrogens (tertiary/aromatic N) is 4. The lowest BCUT2D eigenvalue weighted by molar-refractivity contribution is 0.384. The number of piperazine rings is 1. The monoisotopic (exact) mass is 532 g/mol. The van der Waals surface area contributed by atoms with Gasteiger partial charge in [0.15, 0.2) is 0 Å². The molecule has 1 aliphatic heterocycles. The molecule has 0 amide bonds. The van der Waals surface area contributed by atoms with Crippen LogP contribution in [0.15, 0.2) is 33.6 Å². The molecule has 0 atom stereocenters. The minimum absolute atomic E-state index is 0.349. The zero-order chi connectivity index (χ0) is 21.9. The van der Waals surface area contributed by atoms with Crippen LogP contribution in [-0.2, 0) is 22.9 Å². The summed E-state index contributed by atoms with van der Waals surface area (Å²) in [4.78, 5) is 15.3. The molecule has 0 N–H and O–H groups in total. The number of halogens is 1. The molecule has 6 nitrogen and oxygen atoms in total. The van der Waals surface area contributed by atoms with Crippen molar-refractivity contribution in [2.75, 3.05) is 31.1 Å². The fraction of sp³-hybridized carbons (Fsp3) is 0.478. The van der Waals surface area contributed by atoms with Crippen LogP contribution in [0.4, 0.5) is 5.82 Å². The van der Waals surface area contributed by atoms with Crippen LogP contribution >= 0.6 is 27.3 Å². The van der Waals surface area contributed by atoms with Gasteiger partial charge in [0, 0.05) is 41.4 Å². The Morgan fingerprint density at radius 2 is 1.69 bits per heavy atom. The van der Waals surface area contributed by atoms with Gasteiger partial charge in [-0.15, -0.1) is 11.3 Å². The second-order valence-electron chi connectivity index (χ2n) is 8.92. The van der Waals surface area contributed by atoms with Gasteiger partial charge in [-0.05, 0) is 68.4 Å². The number of hydrogen-bond donors (Lipinski definition) is 0. The molecule has 6 rings (SSSR count). The van der Waals surface area contributed by atoms with E-state index < -0.39 is 10.0 Å². The molecular weight excluding hydrogens is 508 g/mol. The summed E-state index contributed by atoms with van der Waals surface area (Å²) in [6, 6.07) is 6.89. The number of aryl methyl sites for hydroxylation is 2. The third-order valence-corrected chi connectivity index (χ3v) is 10.4. The number of anilines is 1. The molecule has 32 heavy (non-hydrogen) atoms. The maximum Gasteiger partial charge on any atom is 0.243 e. The van der Waals surface area contributed by atoms with Crippen LogP contribution in [0, 0.1) is 0 Å². The Bertz CT molecular complexity index is 1280. The van der Waals surface area contributed by atoms with Crippen molar-refractivity contribution < 1.29 is 8.42 Å². The molecular formula is C23H25BrN4O2S2. The predicted molar refractivity (Wildman–Crippen MR) is 131 cm³/mol. The highest BCUT2D eigenvalue weighted by molar-refractivity contribution is 9.10. The van der Waals surface area contributed by atoms with Crippen molar-refractivity contribution in [2.45, 2.75) is 49.3 Å². The minimum Gasteiger partial charge on any atom is -0.353 e. The molecule has 3 heterocycles. The molecule has 0 bridgehead atoms. The van der Waals surface area contributed by atoms with E-state index in [9.17, 15) is 8.42 Å². The summed E-state index contributed by atoms with van der Waals surface area (Å²) in [7, 11) is -3.49. The van der Waals surface area contributed by atoms with Crippen LogP contribution in [0.25, 0.3) is 10.2 Å². The van der Waals surface area contributed by atoms with E-state index >= 15 is 0 Å². The van der Waals surface area contributed by atoms with Crippen LogP contribution in [0.1, 0.15) is 47.9 Å². The molecule has 3 aromatic rings. The van der Waals surface area contributed by atoms with Crippen LogP contribution in [0.2, 0.25) is 0 Å². The fourth-order valence-corrected chi connectivity index (χ4v) is 7.75. The zero-order valence-corrected chi connectivity index (χ0v) is 21.0. The lowest BCUT2D eigenvalue weighted by Gasteiger charge is -2.35. The van der Waals surface area contributed by atoms with E-state index in [2.05, 4.69) is 20.8 Å². The van der Waals surface area contributed by atoms with Gasteiger partial charge in [0.25, 0.3) is 0 Å². The summed E-state index contributed by atoms with van der Waals surface area (Å²) in [6.07, 6.45) is 7.08. The largest absolute Gasteiger partial charge is 0.353 e. The van der Waals surface area contributed by atoms with Crippen molar-refractivity contribution >= 4 is 53.3 Å². The minimum atomic E-state index is -3.49. The van der Waals surface area contributed by atoms with Gasteiger partial charge in [0.1, 0.15) is 16.5 Å². The molecule has 168 valence electrons. The molecule has 1 saturated carbocycles. The Morgan fingerprint density at radius 1 is 0.969 bits per heavy atom. The van der Waals surface area contributed by atoms with Crippen molar-refractivity contribution in [2.24, 2.45) is 0 Å². The lowest BCUT2D eigenvalue weighted by Crippen LogP contribution is -2.49. The standard InChI is InChI=1S/C23H25BrN4O2S2/c24-16-7-9-17(10-8-16)32(29,30)28-13-11-27(12-14-28)22-20-18-3-1-2-4-19(18)31-23(20)26-21(25-22)15-5-6-15/h7-10,15H,1-6,11-14H2. The third-order valence-electron chi connectivity index (χ3n) is 6.74. The van der Waals surface area contributed by atoms with Crippen LogP contribution in [-0.4, -0.2) is 48.9 Å². The Hall–Kier alpha value is -1.55. The predicted octanol–water partition coefficient (Wildman–Crippen LogP) is 4.72. The quantitative estimate of drug-likeness (QED) is 0.486. The second-order valence-corrected chi connectivity index (χ2v) is 12.9. The highest BCUT2D eigenvalue weighted by atomic mass is 79.9.